The first-order valence-electron chi connectivity index (χ1n) is 7.42. The van der Waals surface area contributed by atoms with Crippen LogP contribution in [0.1, 0.15) is 37.8 Å². The lowest BCUT2D eigenvalue weighted by atomic mass is 9.94. The monoisotopic (exact) mass is 276 g/mol. The summed E-state index contributed by atoms with van der Waals surface area (Å²) in [4.78, 5) is 14.0. The highest BCUT2D eigenvalue weighted by atomic mass is 16.2. The number of amides is 1. The molecule has 0 aliphatic heterocycles. The lowest BCUT2D eigenvalue weighted by Crippen LogP contribution is -2.30. The topological polar surface area (TPSA) is 46.3 Å². The minimum Gasteiger partial charge on any atom is -0.341 e. The average Bonchev–Trinajstić information content (AvgIpc) is 2.39. The first-order chi connectivity index (χ1) is 9.42. The lowest BCUT2D eigenvalue weighted by Gasteiger charge is -2.22. The van der Waals surface area contributed by atoms with Crippen molar-refractivity contribution in [2.45, 2.75) is 40.2 Å². The molecule has 0 bridgehead atoms. The Bertz CT molecular complexity index is 412. The van der Waals surface area contributed by atoms with Gasteiger partial charge in [0.2, 0.25) is 5.91 Å². The second-order valence-corrected chi connectivity index (χ2v) is 6.17. The Balaban J connectivity index is 2.51. The molecule has 3 nitrogen and oxygen atoms in total. The van der Waals surface area contributed by atoms with E-state index in [1.807, 2.05) is 7.05 Å². The van der Waals surface area contributed by atoms with Gasteiger partial charge in [0.15, 0.2) is 0 Å². The highest BCUT2D eigenvalue weighted by Crippen LogP contribution is 2.16. The summed E-state index contributed by atoms with van der Waals surface area (Å²) in [6, 6.07) is 8.31. The van der Waals surface area contributed by atoms with Gasteiger partial charge in [-0.15, -0.1) is 0 Å². The molecule has 1 aromatic carbocycles. The normalized spacial score (nSPS) is 12.5. The molecule has 0 heterocycles. The molecule has 0 saturated carbocycles. The summed E-state index contributed by atoms with van der Waals surface area (Å²) in [6.45, 7) is 7.66. The molecule has 1 rings (SSSR count). The Morgan fingerprint density at radius 2 is 1.85 bits per heavy atom. The van der Waals surface area contributed by atoms with Gasteiger partial charge < -0.3 is 10.6 Å². The summed E-state index contributed by atoms with van der Waals surface area (Å²) in [5.74, 6) is 1.06. The van der Waals surface area contributed by atoms with E-state index in [1.165, 1.54) is 11.1 Å². The SMILES string of the molecule is Cc1ccc(CN(C)C(=O)C[C@@H](CN)CC(C)C)cc1. The van der Waals surface area contributed by atoms with Crippen molar-refractivity contribution >= 4 is 5.91 Å². The number of hydrogen-bond donors (Lipinski definition) is 1. The Labute approximate surface area is 123 Å². The van der Waals surface area contributed by atoms with Crippen LogP contribution in [0.4, 0.5) is 0 Å². The molecule has 1 atom stereocenters. The van der Waals surface area contributed by atoms with Crippen molar-refractivity contribution in [3.8, 4) is 0 Å². The third-order valence-corrected chi connectivity index (χ3v) is 3.57. The minimum atomic E-state index is 0.182. The molecule has 0 fully saturated rings. The third kappa shape index (κ3) is 5.74. The highest BCUT2D eigenvalue weighted by Gasteiger charge is 2.17. The van der Waals surface area contributed by atoms with Crippen molar-refractivity contribution < 1.29 is 4.79 Å². The van der Waals surface area contributed by atoms with Crippen molar-refractivity contribution in [3.63, 3.8) is 0 Å². The van der Waals surface area contributed by atoms with Crippen molar-refractivity contribution in [1.29, 1.82) is 0 Å². The molecule has 0 aromatic heterocycles. The first kappa shape index (κ1) is 16.7. The molecule has 112 valence electrons. The van der Waals surface area contributed by atoms with E-state index in [-0.39, 0.29) is 5.91 Å². The van der Waals surface area contributed by atoms with Crippen LogP contribution >= 0.6 is 0 Å². The number of carbonyl (C=O) groups excluding carboxylic acids is 1. The molecular formula is C17H28N2O. The maximum Gasteiger partial charge on any atom is 0.222 e. The predicted molar refractivity (Wildman–Crippen MR) is 84.3 cm³/mol. The van der Waals surface area contributed by atoms with Gasteiger partial charge in [0.25, 0.3) is 0 Å². The number of benzene rings is 1. The van der Waals surface area contributed by atoms with Crippen molar-refractivity contribution in [2.24, 2.45) is 17.6 Å². The van der Waals surface area contributed by atoms with Crippen LogP contribution in [-0.2, 0) is 11.3 Å². The molecule has 3 heteroatoms. The zero-order chi connectivity index (χ0) is 15.1. The average molecular weight is 276 g/mol. The first-order valence-corrected chi connectivity index (χ1v) is 7.42. The molecule has 0 aliphatic rings. The van der Waals surface area contributed by atoms with Gasteiger partial charge in [-0.2, -0.15) is 0 Å². The number of nitrogens with zero attached hydrogens (tertiary/aromatic N) is 1. The van der Waals surface area contributed by atoms with Crippen molar-refractivity contribution in [3.05, 3.63) is 35.4 Å². The molecule has 0 unspecified atom stereocenters. The van der Waals surface area contributed by atoms with Gasteiger partial charge in [0.05, 0.1) is 0 Å². The maximum atomic E-state index is 12.2. The van der Waals surface area contributed by atoms with Gasteiger partial charge in [-0.05, 0) is 37.3 Å². The fourth-order valence-electron chi connectivity index (χ4n) is 2.39. The second-order valence-electron chi connectivity index (χ2n) is 6.17. The number of hydrogen-bond acceptors (Lipinski definition) is 2. The fraction of sp³-hybridized carbons (Fsp3) is 0.588. The fourth-order valence-corrected chi connectivity index (χ4v) is 2.39. The molecule has 2 N–H and O–H groups in total. The van der Waals surface area contributed by atoms with Gasteiger partial charge in [0, 0.05) is 20.0 Å². The number of aryl methyl sites for hydroxylation is 1. The Morgan fingerprint density at radius 3 is 2.35 bits per heavy atom. The Morgan fingerprint density at radius 1 is 1.25 bits per heavy atom. The number of nitrogens with two attached hydrogens (primary N) is 1. The molecule has 0 saturated heterocycles. The number of rotatable bonds is 7. The summed E-state index contributed by atoms with van der Waals surface area (Å²) < 4.78 is 0. The van der Waals surface area contributed by atoms with E-state index in [4.69, 9.17) is 5.73 Å². The molecule has 0 spiro atoms. The van der Waals surface area contributed by atoms with E-state index in [0.29, 0.717) is 31.3 Å². The zero-order valence-electron chi connectivity index (χ0n) is 13.2. The highest BCUT2D eigenvalue weighted by molar-refractivity contribution is 5.76. The van der Waals surface area contributed by atoms with E-state index in [0.717, 1.165) is 6.42 Å². The van der Waals surface area contributed by atoms with Gasteiger partial charge in [-0.1, -0.05) is 43.7 Å². The predicted octanol–water partition coefficient (Wildman–Crippen LogP) is 2.96. The standard InChI is InChI=1S/C17H28N2O/c1-13(2)9-16(11-18)10-17(20)19(4)12-15-7-5-14(3)6-8-15/h5-8,13,16H,9-12,18H2,1-4H3/t16-/m0/s1. The van der Waals surface area contributed by atoms with Gasteiger partial charge >= 0.3 is 0 Å². The van der Waals surface area contributed by atoms with Crippen LogP contribution < -0.4 is 5.73 Å². The smallest absolute Gasteiger partial charge is 0.222 e. The van der Waals surface area contributed by atoms with Gasteiger partial charge in [-0.3, -0.25) is 4.79 Å². The molecule has 0 aliphatic carbocycles. The van der Waals surface area contributed by atoms with Crippen LogP contribution in [0.3, 0.4) is 0 Å². The third-order valence-electron chi connectivity index (χ3n) is 3.57. The summed E-state index contributed by atoms with van der Waals surface area (Å²) in [5, 5.41) is 0. The number of carbonyl (C=O) groups is 1. The van der Waals surface area contributed by atoms with Crippen LogP contribution in [0.2, 0.25) is 0 Å². The van der Waals surface area contributed by atoms with E-state index < -0.39 is 0 Å². The Hall–Kier alpha value is -1.35. The van der Waals surface area contributed by atoms with E-state index >= 15 is 0 Å². The van der Waals surface area contributed by atoms with Crippen molar-refractivity contribution in [2.75, 3.05) is 13.6 Å². The second kappa shape index (κ2) is 8.05. The van der Waals surface area contributed by atoms with Crippen LogP contribution in [0.25, 0.3) is 0 Å². The summed E-state index contributed by atoms with van der Waals surface area (Å²) in [6.07, 6.45) is 1.57. The van der Waals surface area contributed by atoms with E-state index in [1.54, 1.807) is 4.90 Å². The van der Waals surface area contributed by atoms with Crippen molar-refractivity contribution in [1.82, 2.24) is 4.90 Å². The quantitative estimate of drug-likeness (QED) is 0.832. The van der Waals surface area contributed by atoms with Crippen LogP contribution in [0.15, 0.2) is 24.3 Å². The molecule has 20 heavy (non-hydrogen) atoms. The largest absolute Gasteiger partial charge is 0.341 e. The van der Waals surface area contributed by atoms with E-state index in [9.17, 15) is 4.79 Å². The molecule has 1 aromatic rings. The van der Waals surface area contributed by atoms with Gasteiger partial charge in [-0.25, -0.2) is 0 Å². The summed E-state index contributed by atoms with van der Waals surface area (Å²) in [5.41, 5.74) is 8.17. The van der Waals surface area contributed by atoms with Crippen LogP contribution in [-0.4, -0.2) is 24.4 Å². The van der Waals surface area contributed by atoms with Crippen LogP contribution in [0.5, 0.6) is 0 Å². The van der Waals surface area contributed by atoms with Crippen LogP contribution in [0, 0.1) is 18.8 Å². The minimum absolute atomic E-state index is 0.182. The molecule has 1 amide bonds. The van der Waals surface area contributed by atoms with E-state index in [2.05, 4.69) is 45.0 Å². The summed E-state index contributed by atoms with van der Waals surface area (Å²) >= 11 is 0. The lowest BCUT2D eigenvalue weighted by molar-refractivity contribution is -0.131. The molecular weight excluding hydrogens is 248 g/mol. The zero-order valence-corrected chi connectivity index (χ0v) is 13.2. The van der Waals surface area contributed by atoms with Gasteiger partial charge in [0.1, 0.15) is 0 Å². The summed E-state index contributed by atoms with van der Waals surface area (Å²) in [7, 11) is 1.87. The maximum absolute atomic E-state index is 12.2. The molecule has 0 radical (unpaired) electrons. The Kier molecular flexibility index (Phi) is 6.73.